The Kier molecular flexibility index (Phi) is 10.2. The number of carbonyl (C=O) groups excluding carboxylic acids is 1. The summed E-state index contributed by atoms with van der Waals surface area (Å²) in [5, 5.41) is 2.98. The van der Waals surface area contributed by atoms with E-state index in [2.05, 4.69) is 50.5 Å². The third-order valence-electron chi connectivity index (χ3n) is 7.46. The minimum Gasteiger partial charge on any atom is -0.494 e. The minimum absolute atomic E-state index is 0.0299. The van der Waals surface area contributed by atoms with Crippen molar-refractivity contribution in [3.63, 3.8) is 0 Å². The van der Waals surface area contributed by atoms with Gasteiger partial charge in [-0.25, -0.2) is 9.38 Å². The van der Waals surface area contributed by atoms with Crippen LogP contribution in [0.5, 0.6) is 11.5 Å². The van der Waals surface area contributed by atoms with Gasteiger partial charge in [0.15, 0.2) is 4.80 Å². The van der Waals surface area contributed by atoms with Crippen LogP contribution in [0.3, 0.4) is 0 Å². The van der Waals surface area contributed by atoms with Gasteiger partial charge in [-0.1, -0.05) is 59.9 Å². The van der Waals surface area contributed by atoms with Crippen molar-refractivity contribution in [2.75, 3.05) is 11.9 Å². The van der Waals surface area contributed by atoms with Crippen LogP contribution in [0, 0.1) is 13.0 Å². The lowest BCUT2D eigenvalue weighted by molar-refractivity contribution is -0.113. The number of benzene rings is 4. The summed E-state index contributed by atoms with van der Waals surface area (Å²) in [4.78, 5) is 33.4. The highest BCUT2D eigenvalue weighted by atomic mass is 127. The van der Waals surface area contributed by atoms with Crippen LogP contribution in [0.15, 0.2) is 112 Å². The molecule has 0 radical (unpaired) electrons. The smallest absolute Gasteiger partial charge is 0.271 e. The quantitative estimate of drug-likeness (QED) is 0.159. The number of rotatable bonds is 9. The third kappa shape index (κ3) is 7.21. The van der Waals surface area contributed by atoms with Gasteiger partial charge < -0.3 is 14.8 Å². The van der Waals surface area contributed by atoms with Crippen LogP contribution in [-0.4, -0.2) is 17.1 Å². The largest absolute Gasteiger partial charge is 0.494 e. The molecule has 238 valence electrons. The van der Waals surface area contributed by atoms with Gasteiger partial charge in [0.1, 0.15) is 23.9 Å². The first-order valence-corrected chi connectivity index (χ1v) is 17.7. The molecule has 1 aliphatic heterocycles. The van der Waals surface area contributed by atoms with E-state index < -0.39 is 6.04 Å². The number of hydrogen-bond donors (Lipinski definition) is 1. The maximum absolute atomic E-state index is 14.4. The lowest BCUT2D eigenvalue weighted by atomic mass is 9.95. The van der Waals surface area contributed by atoms with E-state index >= 15 is 0 Å². The van der Waals surface area contributed by atoms with Crippen LogP contribution in [-0.2, 0) is 11.4 Å². The zero-order valence-corrected chi connectivity index (χ0v) is 30.4. The topological polar surface area (TPSA) is 81.9 Å². The molecule has 7 nitrogen and oxygen atoms in total. The van der Waals surface area contributed by atoms with Crippen molar-refractivity contribution in [3.8, 4) is 11.5 Å². The molecule has 0 saturated heterocycles. The summed E-state index contributed by atoms with van der Waals surface area (Å²) in [6.45, 7) is 4.24. The highest BCUT2D eigenvalue weighted by molar-refractivity contribution is 14.1. The van der Waals surface area contributed by atoms with E-state index in [-0.39, 0.29) is 23.9 Å². The Morgan fingerprint density at radius 2 is 1.74 bits per heavy atom. The monoisotopic (exact) mass is 871 g/mol. The van der Waals surface area contributed by atoms with Gasteiger partial charge >= 0.3 is 0 Å². The molecule has 1 N–H and O–H groups in total. The highest BCUT2D eigenvalue weighted by Crippen LogP contribution is 2.33. The maximum Gasteiger partial charge on any atom is 0.271 e. The zero-order chi connectivity index (χ0) is 33.1. The first kappa shape index (κ1) is 33.1. The number of allylic oxidation sites excluding steroid dienone is 1. The lowest BCUT2D eigenvalue weighted by Gasteiger charge is -2.25. The number of amides is 1. The average molecular weight is 872 g/mol. The van der Waals surface area contributed by atoms with Crippen molar-refractivity contribution in [1.29, 1.82) is 0 Å². The van der Waals surface area contributed by atoms with Crippen LogP contribution in [0.4, 0.5) is 10.1 Å². The third-order valence-corrected chi connectivity index (χ3v) is 9.87. The molecule has 2 heterocycles. The molecular weight excluding hydrogens is 843 g/mol. The van der Waals surface area contributed by atoms with Gasteiger partial charge in [0.25, 0.3) is 11.5 Å². The summed E-state index contributed by atoms with van der Waals surface area (Å²) in [7, 11) is 0. The number of nitrogens with one attached hydrogen (secondary N) is 1. The fraction of sp³-hybridized carbons (Fsp3) is 0.139. The van der Waals surface area contributed by atoms with Gasteiger partial charge in [-0.15, -0.1) is 0 Å². The Morgan fingerprint density at radius 1 is 1.02 bits per heavy atom. The number of hydrogen-bond acceptors (Lipinski definition) is 6. The number of anilines is 1. The summed E-state index contributed by atoms with van der Waals surface area (Å²) in [6.07, 6.45) is 1.78. The van der Waals surface area contributed by atoms with Gasteiger partial charge in [0, 0.05) is 20.4 Å². The Labute approximate surface area is 301 Å². The zero-order valence-electron chi connectivity index (χ0n) is 25.3. The molecule has 0 saturated carbocycles. The van der Waals surface area contributed by atoms with E-state index in [1.807, 2.05) is 73.7 Å². The van der Waals surface area contributed by atoms with E-state index in [9.17, 15) is 14.0 Å². The molecule has 11 heteroatoms. The van der Waals surface area contributed by atoms with E-state index in [0.29, 0.717) is 55.5 Å². The molecule has 0 bridgehead atoms. The van der Waals surface area contributed by atoms with Gasteiger partial charge in [0.2, 0.25) is 0 Å². The standard InChI is InChI=1S/C36H28FI2N3O4S/c1-3-45-27-15-13-22(14-16-27)32-31(34(43)41-26-10-5-4-6-11-26)21(2)40-36-42(32)35(44)30(47-36)18-24-17-25(38)19-29(39)33(24)46-20-23-9-7-8-12-28(23)37/h4-19,32H,3,20H2,1-2H3,(H,41,43)/b30-18-/t32-/m0/s1. The molecule has 47 heavy (non-hydrogen) atoms. The predicted molar refractivity (Wildman–Crippen MR) is 199 cm³/mol. The molecule has 0 fully saturated rings. The maximum atomic E-state index is 14.4. The molecule has 0 spiro atoms. The molecule has 4 aromatic carbocycles. The minimum atomic E-state index is -0.736. The fourth-order valence-electron chi connectivity index (χ4n) is 5.31. The molecule has 0 aliphatic carbocycles. The van der Waals surface area contributed by atoms with Crippen LogP contribution in [0.25, 0.3) is 6.08 Å². The number of ether oxygens (including phenoxy) is 2. The van der Waals surface area contributed by atoms with Crippen molar-refractivity contribution in [2.45, 2.75) is 26.5 Å². The van der Waals surface area contributed by atoms with Crippen molar-refractivity contribution in [2.24, 2.45) is 4.99 Å². The molecule has 0 unspecified atom stereocenters. The Hall–Kier alpha value is -3.82. The molecule has 5 aromatic rings. The Bertz CT molecular complexity index is 2180. The van der Waals surface area contributed by atoms with Crippen LogP contribution >= 0.6 is 56.5 Å². The first-order chi connectivity index (χ1) is 22.7. The van der Waals surface area contributed by atoms with Crippen LogP contribution in [0.1, 0.15) is 36.6 Å². The van der Waals surface area contributed by atoms with E-state index in [1.165, 1.54) is 17.4 Å². The average Bonchev–Trinajstić information content (AvgIpc) is 3.35. The second-order valence-electron chi connectivity index (χ2n) is 10.6. The fourth-order valence-corrected chi connectivity index (χ4v) is 8.39. The normalized spacial score (nSPS) is 14.4. The van der Waals surface area contributed by atoms with Crippen molar-refractivity contribution >= 4 is 74.2 Å². The molecular formula is C36H28FI2N3O4S. The van der Waals surface area contributed by atoms with E-state index in [1.54, 1.807) is 35.8 Å². The molecule has 1 atom stereocenters. The van der Waals surface area contributed by atoms with Gasteiger partial charge in [-0.05, 0) is 113 Å². The van der Waals surface area contributed by atoms with E-state index in [4.69, 9.17) is 14.5 Å². The van der Waals surface area contributed by atoms with Crippen molar-refractivity contribution < 1.29 is 18.7 Å². The van der Waals surface area contributed by atoms with Crippen LogP contribution in [0.2, 0.25) is 0 Å². The second-order valence-corrected chi connectivity index (χ2v) is 14.0. The van der Waals surface area contributed by atoms with Crippen molar-refractivity contribution in [1.82, 2.24) is 4.57 Å². The highest BCUT2D eigenvalue weighted by Gasteiger charge is 2.32. The van der Waals surface area contributed by atoms with Gasteiger partial charge in [0.05, 0.1) is 32.0 Å². The number of aromatic nitrogens is 1. The SMILES string of the molecule is CCOc1ccc([C@H]2C(C(=O)Nc3ccccc3)=C(C)N=c3s/c(=C\c4cc(I)cc(I)c4OCc4ccccc4F)c(=O)n32)cc1. The molecule has 1 amide bonds. The summed E-state index contributed by atoms with van der Waals surface area (Å²) < 4.78 is 30.0. The first-order valence-electron chi connectivity index (χ1n) is 14.7. The molecule has 1 aromatic heterocycles. The number of carbonyl (C=O) groups is 1. The number of fused-ring (bicyclic) bond motifs is 1. The van der Waals surface area contributed by atoms with Crippen molar-refractivity contribution in [3.05, 3.63) is 152 Å². The molecule has 1 aliphatic rings. The number of halogens is 3. The second kappa shape index (κ2) is 14.5. The van der Waals surface area contributed by atoms with Gasteiger partial charge in [-0.2, -0.15) is 0 Å². The number of nitrogens with zero attached hydrogens (tertiary/aromatic N) is 2. The summed E-state index contributed by atoms with van der Waals surface area (Å²) in [5.41, 5.74) is 3.08. The van der Waals surface area contributed by atoms with Crippen LogP contribution < -0.4 is 29.7 Å². The summed E-state index contributed by atoms with van der Waals surface area (Å²) >= 11 is 5.65. The van der Waals surface area contributed by atoms with E-state index in [0.717, 1.165) is 12.7 Å². The summed E-state index contributed by atoms with van der Waals surface area (Å²) in [5.74, 6) is 0.541. The predicted octanol–water partition coefficient (Wildman–Crippen LogP) is 7.20. The lowest BCUT2D eigenvalue weighted by Crippen LogP contribution is -2.40. The summed E-state index contributed by atoms with van der Waals surface area (Å²) in [6, 6.07) is 26.2. The van der Waals surface area contributed by atoms with Gasteiger partial charge in [-0.3, -0.25) is 14.2 Å². The number of para-hydroxylation sites is 1. The Morgan fingerprint density at radius 3 is 2.47 bits per heavy atom. The Balaban J connectivity index is 1.46. The number of thiazole rings is 1. The molecule has 6 rings (SSSR count).